The molecule has 0 aliphatic rings. The maximum Gasteiger partial charge on any atom is 0.284 e. The first-order valence-electron chi connectivity index (χ1n) is 5.44. The Balaban J connectivity index is 2.72. The van der Waals surface area contributed by atoms with Crippen molar-refractivity contribution in [1.29, 1.82) is 0 Å². The molecule has 1 amide bonds. The molecule has 0 saturated heterocycles. The van der Waals surface area contributed by atoms with Crippen LogP contribution in [0.1, 0.15) is 37.0 Å². The van der Waals surface area contributed by atoms with Crippen molar-refractivity contribution in [3.05, 3.63) is 5.01 Å². The molecule has 0 fully saturated rings. The molecule has 16 heavy (non-hydrogen) atoms. The van der Waals surface area contributed by atoms with Gasteiger partial charge in [0, 0.05) is 19.6 Å². The molecule has 1 aromatic rings. The molecule has 0 saturated carbocycles. The Morgan fingerprint density at radius 2 is 2.19 bits per heavy atom. The van der Waals surface area contributed by atoms with Gasteiger partial charge in [0.1, 0.15) is 0 Å². The topological polar surface area (TPSA) is 58.1 Å². The third-order valence-electron chi connectivity index (χ3n) is 2.51. The van der Waals surface area contributed by atoms with E-state index in [4.69, 9.17) is 0 Å². The first-order valence-corrected chi connectivity index (χ1v) is 6.26. The molecule has 0 aliphatic heterocycles. The molecule has 1 aromatic heterocycles. The molecule has 5 nitrogen and oxygen atoms in total. The molecule has 0 aromatic carbocycles. The largest absolute Gasteiger partial charge is 0.360 e. The third kappa shape index (κ3) is 2.91. The fourth-order valence-corrected chi connectivity index (χ4v) is 1.95. The number of hydrogen-bond acceptors (Lipinski definition) is 5. The van der Waals surface area contributed by atoms with E-state index in [1.807, 2.05) is 13.8 Å². The van der Waals surface area contributed by atoms with Crippen molar-refractivity contribution in [2.24, 2.45) is 0 Å². The second-order valence-electron chi connectivity index (χ2n) is 3.62. The zero-order valence-corrected chi connectivity index (χ0v) is 11.0. The van der Waals surface area contributed by atoms with Crippen molar-refractivity contribution >= 4 is 22.4 Å². The summed E-state index contributed by atoms with van der Waals surface area (Å²) in [5.41, 5.74) is 0. The van der Waals surface area contributed by atoms with Gasteiger partial charge in [0.15, 0.2) is 0 Å². The maximum absolute atomic E-state index is 12.0. The minimum absolute atomic E-state index is 0.0593. The van der Waals surface area contributed by atoms with Crippen molar-refractivity contribution in [3.63, 3.8) is 0 Å². The van der Waals surface area contributed by atoms with Crippen LogP contribution in [-0.4, -0.2) is 40.6 Å². The Kier molecular flexibility index (Phi) is 4.67. The number of rotatable bonds is 5. The number of nitrogens with zero attached hydrogens (tertiary/aromatic N) is 3. The van der Waals surface area contributed by atoms with Crippen molar-refractivity contribution in [2.75, 3.05) is 18.9 Å². The molecule has 90 valence electrons. The molecule has 1 heterocycles. The van der Waals surface area contributed by atoms with Crippen LogP contribution in [0.25, 0.3) is 0 Å². The van der Waals surface area contributed by atoms with Gasteiger partial charge in [0.05, 0.1) is 0 Å². The van der Waals surface area contributed by atoms with Gasteiger partial charge < -0.3 is 10.2 Å². The van der Waals surface area contributed by atoms with E-state index >= 15 is 0 Å². The molecule has 0 aliphatic carbocycles. The van der Waals surface area contributed by atoms with Gasteiger partial charge in [-0.2, -0.15) is 0 Å². The van der Waals surface area contributed by atoms with Gasteiger partial charge in [0.2, 0.25) is 10.1 Å². The zero-order chi connectivity index (χ0) is 12.1. The van der Waals surface area contributed by atoms with Crippen molar-refractivity contribution in [2.45, 2.75) is 33.2 Å². The highest BCUT2D eigenvalue weighted by Crippen LogP contribution is 2.17. The molecule has 1 unspecified atom stereocenters. The lowest BCUT2D eigenvalue weighted by molar-refractivity contribution is 0.0739. The SMILES string of the molecule is CCNc1nnc(C(=O)N(C)C(C)CC)s1. The van der Waals surface area contributed by atoms with E-state index in [0.717, 1.165) is 13.0 Å². The van der Waals surface area contributed by atoms with Gasteiger partial charge in [0.25, 0.3) is 5.91 Å². The fourth-order valence-electron chi connectivity index (χ4n) is 1.16. The van der Waals surface area contributed by atoms with Crippen LogP contribution < -0.4 is 5.32 Å². The van der Waals surface area contributed by atoms with Crippen LogP contribution in [0.4, 0.5) is 5.13 Å². The highest BCUT2D eigenvalue weighted by molar-refractivity contribution is 7.17. The number of carbonyl (C=O) groups excluding carboxylic acids is 1. The van der Waals surface area contributed by atoms with E-state index in [2.05, 4.69) is 22.4 Å². The fraction of sp³-hybridized carbons (Fsp3) is 0.700. The predicted molar refractivity (Wildman–Crippen MR) is 65.9 cm³/mol. The van der Waals surface area contributed by atoms with Crippen molar-refractivity contribution in [1.82, 2.24) is 15.1 Å². The smallest absolute Gasteiger partial charge is 0.284 e. The number of amides is 1. The van der Waals surface area contributed by atoms with E-state index in [-0.39, 0.29) is 11.9 Å². The van der Waals surface area contributed by atoms with Crippen LogP contribution in [0.3, 0.4) is 0 Å². The van der Waals surface area contributed by atoms with Gasteiger partial charge in [-0.1, -0.05) is 18.3 Å². The Hall–Kier alpha value is -1.17. The minimum Gasteiger partial charge on any atom is -0.360 e. The number of aromatic nitrogens is 2. The summed E-state index contributed by atoms with van der Waals surface area (Å²) in [6.45, 7) is 6.83. The highest BCUT2D eigenvalue weighted by Gasteiger charge is 2.20. The lowest BCUT2D eigenvalue weighted by Gasteiger charge is -2.22. The number of carbonyl (C=O) groups is 1. The summed E-state index contributed by atoms with van der Waals surface area (Å²) in [6, 6.07) is 0.221. The van der Waals surface area contributed by atoms with Gasteiger partial charge in [-0.25, -0.2) is 0 Å². The number of hydrogen-bond donors (Lipinski definition) is 1. The summed E-state index contributed by atoms with van der Waals surface area (Å²) in [7, 11) is 1.80. The normalized spacial score (nSPS) is 12.2. The van der Waals surface area contributed by atoms with E-state index in [0.29, 0.717) is 10.1 Å². The number of nitrogens with one attached hydrogen (secondary N) is 1. The molecule has 6 heteroatoms. The first kappa shape index (κ1) is 12.9. The summed E-state index contributed by atoms with van der Waals surface area (Å²) in [5, 5.41) is 12.0. The van der Waals surface area contributed by atoms with E-state index < -0.39 is 0 Å². The Morgan fingerprint density at radius 3 is 2.75 bits per heavy atom. The van der Waals surface area contributed by atoms with E-state index in [9.17, 15) is 4.79 Å². The summed E-state index contributed by atoms with van der Waals surface area (Å²) >= 11 is 1.30. The lowest BCUT2D eigenvalue weighted by atomic mass is 10.2. The van der Waals surface area contributed by atoms with Gasteiger partial charge in [-0.05, 0) is 20.3 Å². The maximum atomic E-state index is 12.0. The zero-order valence-electron chi connectivity index (χ0n) is 10.1. The van der Waals surface area contributed by atoms with E-state index in [1.54, 1.807) is 11.9 Å². The molecule has 1 N–H and O–H groups in total. The molecule has 1 rings (SSSR count). The number of anilines is 1. The summed E-state index contributed by atoms with van der Waals surface area (Å²) in [4.78, 5) is 13.7. The molecule has 1 atom stereocenters. The second-order valence-corrected chi connectivity index (χ2v) is 4.59. The molecule has 0 radical (unpaired) electrons. The van der Waals surface area contributed by atoms with Crippen LogP contribution in [0, 0.1) is 0 Å². The van der Waals surface area contributed by atoms with Crippen LogP contribution in [0.2, 0.25) is 0 Å². The third-order valence-corrected chi connectivity index (χ3v) is 3.38. The summed E-state index contributed by atoms with van der Waals surface area (Å²) in [6.07, 6.45) is 0.932. The van der Waals surface area contributed by atoms with Gasteiger partial charge in [-0.3, -0.25) is 4.79 Å². The first-order chi connectivity index (χ1) is 7.60. The second kappa shape index (κ2) is 5.79. The van der Waals surface area contributed by atoms with Crippen LogP contribution in [-0.2, 0) is 0 Å². The van der Waals surface area contributed by atoms with Crippen molar-refractivity contribution in [3.8, 4) is 0 Å². The van der Waals surface area contributed by atoms with Crippen LogP contribution >= 0.6 is 11.3 Å². The van der Waals surface area contributed by atoms with E-state index in [1.165, 1.54) is 11.3 Å². The lowest BCUT2D eigenvalue weighted by Crippen LogP contribution is -2.34. The predicted octanol–water partition coefficient (Wildman–Crippen LogP) is 1.84. The Labute approximate surface area is 99.9 Å². The summed E-state index contributed by atoms with van der Waals surface area (Å²) in [5.74, 6) is -0.0593. The molecule has 0 bridgehead atoms. The Bertz CT molecular complexity index is 352. The standard InChI is InChI=1S/C10H18N4OS/c1-5-7(3)14(4)9(15)8-12-13-10(16-8)11-6-2/h7H,5-6H2,1-4H3,(H,11,13). The van der Waals surface area contributed by atoms with Crippen LogP contribution in [0.5, 0.6) is 0 Å². The quantitative estimate of drug-likeness (QED) is 0.856. The van der Waals surface area contributed by atoms with Crippen molar-refractivity contribution < 1.29 is 4.79 Å². The average Bonchev–Trinajstić information content (AvgIpc) is 2.75. The van der Waals surface area contributed by atoms with Gasteiger partial charge in [-0.15, -0.1) is 10.2 Å². The van der Waals surface area contributed by atoms with Gasteiger partial charge >= 0.3 is 0 Å². The molecule has 0 spiro atoms. The minimum atomic E-state index is -0.0593. The monoisotopic (exact) mass is 242 g/mol. The summed E-state index contributed by atoms with van der Waals surface area (Å²) < 4.78 is 0. The molecular weight excluding hydrogens is 224 g/mol. The van der Waals surface area contributed by atoms with Crippen LogP contribution in [0.15, 0.2) is 0 Å². The highest BCUT2D eigenvalue weighted by atomic mass is 32.1. The Morgan fingerprint density at radius 1 is 1.50 bits per heavy atom. The average molecular weight is 242 g/mol. The molecular formula is C10H18N4OS.